The summed E-state index contributed by atoms with van der Waals surface area (Å²) >= 11 is 0. The second kappa shape index (κ2) is 13.6. The molecule has 1 rings (SSSR count). The molecular weight excluding hydrogens is 276 g/mol. The van der Waals surface area contributed by atoms with Gasteiger partial charge in [-0.2, -0.15) is 0 Å². The Morgan fingerprint density at radius 1 is 0.652 bits per heavy atom. The first-order chi connectivity index (χ1) is 11.3. The van der Waals surface area contributed by atoms with E-state index in [9.17, 15) is 0 Å². The van der Waals surface area contributed by atoms with Crippen molar-refractivity contribution in [1.82, 2.24) is 0 Å². The zero-order valence-corrected chi connectivity index (χ0v) is 16.1. The first kappa shape index (κ1) is 20.3. The lowest BCUT2D eigenvalue weighted by Crippen LogP contribution is -1.97. The molecule has 0 nitrogen and oxygen atoms in total. The molecule has 0 fully saturated rings. The molecule has 0 saturated heterocycles. The van der Waals surface area contributed by atoms with Crippen LogP contribution < -0.4 is 0 Å². The molecule has 0 aliphatic rings. The highest BCUT2D eigenvalue weighted by Gasteiger charge is 2.08. The molecule has 1 aromatic rings. The normalized spacial score (nSPS) is 12.5. The highest BCUT2D eigenvalue weighted by molar-refractivity contribution is 5.24. The average molecular weight is 317 g/mol. The molecule has 0 saturated carbocycles. The molecule has 0 aliphatic heterocycles. The average Bonchev–Trinajstić information content (AvgIpc) is 2.57. The fourth-order valence-corrected chi connectivity index (χ4v) is 3.50. The third-order valence-electron chi connectivity index (χ3n) is 5.20. The van der Waals surface area contributed by atoms with Gasteiger partial charge in [0.05, 0.1) is 0 Å². The summed E-state index contributed by atoms with van der Waals surface area (Å²) in [5.41, 5.74) is 2.92. The van der Waals surface area contributed by atoms with Crippen molar-refractivity contribution in [3.05, 3.63) is 35.4 Å². The van der Waals surface area contributed by atoms with Crippen molar-refractivity contribution < 1.29 is 0 Å². The molecule has 0 bridgehead atoms. The second-order valence-electron chi connectivity index (χ2n) is 7.34. The molecule has 0 amide bonds. The Morgan fingerprint density at radius 2 is 1.13 bits per heavy atom. The first-order valence-corrected chi connectivity index (χ1v) is 10.3. The van der Waals surface area contributed by atoms with E-state index in [1.165, 1.54) is 89.0 Å². The van der Waals surface area contributed by atoms with Gasteiger partial charge in [-0.25, -0.2) is 0 Å². The quantitative estimate of drug-likeness (QED) is 0.303. The van der Waals surface area contributed by atoms with E-state index in [0.717, 1.165) is 5.92 Å². The molecule has 132 valence electrons. The van der Waals surface area contributed by atoms with E-state index in [-0.39, 0.29) is 0 Å². The third-order valence-corrected chi connectivity index (χ3v) is 5.20. The van der Waals surface area contributed by atoms with Crippen LogP contribution in [0.2, 0.25) is 0 Å². The van der Waals surface area contributed by atoms with E-state index in [4.69, 9.17) is 0 Å². The van der Waals surface area contributed by atoms with Crippen molar-refractivity contribution in [1.29, 1.82) is 0 Å². The van der Waals surface area contributed by atoms with Gasteiger partial charge < -0.3 is 0 Å². The van der Waals surface area contributed by atoms with Crippen LogP contribution >= 0.6 is 0 Å². The van der Waals surface area contributed by atoms with Crippen molar-refractivity contribution in [3.8, 4) is 0 Å². The van der Waals surface area contributed by atoms with Gasteiger partial charge in [-0.05, 0) is 31.2 Å². The zero-order chi connectivity index (χ0) is 16.8. The highest BCUT2D eigenvalue weighted by Crippen LogP contribution is 2.26. The van der Waals surface area contributed by atoms with Crippen molar-refractivity contribution in [2.24, 2.45) is 0 Å². The maximum atomic E-state index is 2.34. The largest absolute Gasteiger partial charge is 0.0654 e. The van der Waals surface area contributed by atoms with Crippen LogP contribution in [0.25, 0.3) is 0 Å². The minimum Gasteiger partial charge on any atom is -0.0654 e. The summed E-state index contributed by atoms with van der Waals surface area (Å²) in [5.74, 6) is 0.772. The Morgan fingerprint density at radius 3 is 1.61 bits per heavy atom. The summed E-state index contributed by atoms with van der Waals surface area (Å²) in [6, 6.07) is 9.20. The van der Waals surface area contributed by atoms with Gasteiger partial charge in [-0.1, -0.05) is 114 Å². The topological polar surface area (TPSA) is 0 Å². The number of hydrogen-bond acceptors (Lipinski definition) is 0. The van der Waals surface area contributed by atoms with Crippen LogP contribution in [0.15, 0.2) is 24.3 Å². The summed E-state index contributed by atoms with van der Waals surface area (Å²) in [6.45, 7) is 6.81. The fourth-order valence-electron chi connectivity index (χ4n) is 3.50. The van der Waals surface area contributed by atoms with Gasteiger partial charge >= 0.3 is 0 Å². The zero-order valence-electron chi connectivity index (χ0n) is 16.1. The fraction of sp³-hybridized carbons (Fsp3) is 0.739. The molecular formula is C23H40. The molecule has 23 heavy (non-hydrogen) atoms. The number of benzene rings is 1. The van der Waals surface area contributed by atoms with E-state index in [1.807, 2.05) is 0 Å². The van der Waals surface area contributed by atoms with Crippen LogP contribution in [-0.4, -0.2) is 0 Å². The van der Waals surface area contributed by atoms with Crippen LogP contribution in [0.5, 0.6) is 0 Å². The third kappa shape index (κ3) is 9.84. The minimum atomic E-state index is 0.772. The second-order valence-corrected chi connectivity index (χ2v) is 7.34. The molecule has 0 aliphatic carbocycles. The molecule has 1 atom stereocenters. The molecule has 0 spiro atoms. The predicted octanol–water partition coefficient (Wildman–Crippen LogP) is 8.19. The molecule has 0 heteroatoms. The van der Waals surface area contributed by atoms with Gasteiger partial charge in [0, 0.05) is 0 Å². The summed E-state index contributed by atoms with van der Waals surface area (Å²) < 4.78 is 0. The van der Waals surface area contributed by atoms with Crippen LogP contribution in [0, 0.1) is 6.92 Å². The number of hydrogen-bond donors (Lipinski definition) is 0. The lowest BCUT2D eigenvalue weighted by molar-refractivity contribution is 0.516. The van der Waals surface area contributed by atoms with E-state index >= 15 is 0 Å². The summed E-state index contributed by atoms with van der Waals surface area (Å²) in [7, 11) is 0. The first-order valence-electron chi connectivity index (χ1n) is 10.3. The molecule has 0 aromatic heterocycles. The number of unbranched alkanes of at least 4 members (excludes halogenated alkanes) is 10. The number of rotatable bonds is 14. The Hall–Kier alpha value is -0.780. The van der Waals surface area contributed by atoms with Crippen LogP contribution in [-0.2, 0) is 0 Å². The molecule has 1 unspecified atom stereocenters. The maximum absolute atomic E-state index is 2.34. The van der Waals surface area contributed by atoms with E-state index in [0.29, 0.717) is 0 Å². The van der Waals surface area contributed by atoms with Crippen molar-refractivity contribution in [2.45, 2.75) is 110 Å². The summed E-state index contributed by atoms with van der Waals surface area (Å²) in [6.07, 6.45) is 18.5. The van der Waals surface area contributed by atoms with Crippen molar-refractivity contribution in [3.63, 3.8) is 0 Å². The van der Waals surface area contributed by atoms with Crippen LogP contribution in [0.1, 0.15) is 114 Å². The number of aryl methyl sites for hydroxylation is 1. The monoisotopic (exact) mass is 316 g/mol. The lowest BCUT2D eigenvalue weighted by Gasteiger charge is -2.15. The van der Waals surface area contributed by atoms with Gasteiger partial charge in [-0.3, -0.25) is 0 Å². The SMILES string of the molecule is CCCCCCCCCCCCCC(CC)c1ccc(C)cc1. The summed E-state index contributed by atoms with van der Waals surface area (Å²) in [4.78, 5) is 0. The molecule has 1 aromatic carbocycles. The lowest BCUT2D eigenvalue weighted by atomic mass is 9.90. The molecule has 0 N–H and O–H groups in total. The van der Waals surface area contributed by atoms with Gasteiger partial charge in [0.15, 0.2) is 0 Å². The predicted molar refractivity (Wildman–Crippen MR) is 105 cm³/mol. The van der Waals surface area contributed by atoms with E-state index in [1.54, 1.807) is 5.56 Å². The van der Waals surface area contributed by atoms with Gasteiger partial charge in [0.1, 0.15) is 0 Å². The Balaban J connectivity index is 2.00. The molecule has 0 radical (unpaired) electrons. The minimum absolute atomic E-state index is 0.772. The van der Waals surface area contributed by atoms with E-state index < -0.39 is 0 Å². The van der Waals surface area contributed by atoms with Gasteiger partial charge in [0.25, 0.3) is 0 Å². The Labute approximate surface area is 146 Å². The Kier molecular flexibility index (Phi) is 12.0. The smallest absolute Gasteiger partial charge is 0.0165 e. The van der Waals surface area contributed by atoms with Crippen molar-refractivity contribution in [2.75, 3.05) is 0 Å². The highest BCUT2D eigenvalue weighted by atomic mass is 14.1. The van der Waals surface area contributed by atoms with Crippen LogP contribution in [0.4, 0.5) is 0 Å². The van der Waals surface area contributed by atoms with Gasteiger partial charge in [-0.15, -0.1) is 0 Å². The summed E-state index contributed by atoms with van der Waals surface area (Å²) in [5, 5.41) is 0. The van der Waals surface area contributed by atoms with E-state index in [2.05, 4.69) is 45.0 Å². The Bertz CT molecular complexity index is 362. The van der Waals surface area contributed by atoms with Crippen molar-refractivity contribution >= 4 is 0 Å². The molecule has 0 heterocycles. The standard InChI is InChI=1S/C23H40/c1-4-6-7-8-9-10-11-12-13-14-15-16-22(5-2)23-19-17-21(3)18-20-23/h17-20,22H,4-16H2,1-3H3. The maximum Gasteiger partial charge on any atom is -0.0165 e. The van der Waals surface area contributed by atoms with Gasteiger partial charge in [0.2, 0.25) is 0 Å². The van der Waals surface area contributed by atoms with Crippen LogP contribution in [0.3, 0.4) is 0 Å².